The molecule has 0 aromatic carbocycles. The van der Waals surface area contributed by atoms with Gasteiger partial charge in [0.2, 0.25) is 0 Å². The van der Waals surface area contributed by atoms with Gasteiger partial charge in [0.05, 0.1) is 12.2 Å². The second-order valence-corrected chi connectivity index (χ2v) is 5.61. The highest BCUT2D eigenvalue weighted by molar-refractivity contribution is 5.03. The van der Waals surface area contributed by atoms with Crippen LogP contribution in [0.4, 0.5) is 0 Å². The van der Waals surface area contributed by atoms with Crippen molar-refractivity contribution in [2.24, 2.45) is 0 Å². The van der Waals surface area contributed by atoms with Crippen LogP contribution in [0.5, 0.6) is 0 Å². The van der Waals surface area contributed by atoms with Gasteiger partial charge in [-0.2, -0.15) is 0 Å². The molecule has 0 radical (unpaired) electrons. The summed E-state index contributed by atoms with van der Waals surface area (Å²) < 4.78 is 7.34. The van der Waals surface area contributed by atoms with Crippen LogP contribution >= 0.6 is 0 Å². The minimum absolute atomic E-state index is 0.884. The third-order valence-electron chi connectivity index (χ3n) is 4.03. The normalized spacial score (nSPS) is 17.4. The molecule has 1 aliphatic heterocycles. The van der Waals surface area contributed by atoms with Crippen LogP contribution < -0.4 is 0 Å². The molecule has 0 bridgehead atoms. The molecule has 0 saturated carbocycles. The molecule has 114 valence electrons. The van der Waals surface area contributed by atoms with Crippen LogP contribution in [-0.4, -0.2) is 50.7 Å². The van der Waals surface area contributed by atoms with E-state index < -0.39 is 0 Å². The van der Waals surface area contributed by atoms with Gasteiger partial charge in [0, 0.05) is 57.7 Å². The molecule has 0 aliphatic carbocycles. The summed E-state index contributed by atoms with van der Waals surface area (Å²) in [5.74, 6) is 2.05. The molecule has 0 unspecified atom stereocenters. The van der Waals surface area contributed by atoms with E-state index in [1.807, 2.05) is 19.2 Å². The van der Waals surface area contributed by atoms with Crippen molar-refractivity contribution in [3.63, 3.8) is 0 Å². The van der Waals surface area contributed by atoms with Crippen LogP contribution in [-0.2, 0) is 19.6 Å². The van der Waals surface area contributed by atoms with Crippen LogP contribution in [0, 0.1) is 6.92 Å². The van der Waals surface area contributed by atoms with Crippen molar-refractivity contribution >= 4 is 0 Å². The maximum Gasteiger partial charge on any atom is 0.133 e. The smallest absolute Gasteiger partial charge is 0.133 e. The third-order valence-corrected chi connectivity index (χ3v) is 4.03. The standard InChI is InChI=1S/C15H23N5O/c1-3-20-5-4-16-15(20)12-19-8-6-18(7-9-19)11-14-10-13(2)21-17-14/h4-5,10H,3,6-9,11-12H2,1-2H3. The van der Waals surface area contributed by atoms with Crippen molar-refractivity contribution in [1.82, 2.24) is 24.5 Å². The fraction of sp³-hybridized carbons (Fsp3) is 0.600. The zero-order valence-corrected chi connectivity index (χ0v) is 12.8. The van der Waals surface area contributed by atoms with Gasteiger partial charge in [0.1, 0.15) is 11.6 Å². The Morgan fingerprint density at radius 2 is 1.86 bits per heavy atom. The average molecular weight is 289 g/mol. The van der Waals surface area contributed by atoms with Crippen molar-refractivity contribution < 1.29 is 4.52 Å². The van der Waals surface area contributed by atoms with E-state index in [9.17, 15) is 0 Å². The Morgan fingerprint density at radius 3 is 2.48 bits per heavy atom. The minimum atomic E-state index is 0.884. The molecule has 1 saturated heterocycles. The van der Waals surface area contributed by atoms with Crippen LogP contribution in [0.1, 0.15) is 24.2 Å². The summed E-state index contributed by atoms with van der Waals surface area (Å²) in [6.07, 6.45) is 3.94. The number of aryl methyl sites for hydroxylation is 2. The fourth-order valence-corrected chi connectivity index (χ4v) is 2.81. The molecule has 6 heteroatoms. The van der Waals surface area contributed by atoms with Crippen molar-refractivity contribution in [2.45, 2.75) is 33.5 Å². The molecule has 6 nitrogen and oxygen atoms in total. The number of hydrogen-bond donors (Lipinski definition) is 0. The Labute approximate surface area is 125 Å². The number of rotatable bonds is 5. The van der Waals surface area contributed by atoms with E-state index in [1.54, 1.807) is 0 Å². The van der Waals surface area contributed by atoms with Crippen molar-refractivity contribution in [1.29, 1.82) is 0 Å². The maximum absolute atomic E-state index is 5.12. The molecule has 2 aromatic heterocycles. The van der Waals surface area contributed by atoms with Crippen molar-refractivity contribution in [3.8, 4) is 0 Å². The molecule has 2 aromatic rings. The molecule has 0 N–H and O–H groups in total. The van der Waals surface area contributed by atoms with Crippen molar-refractivity contribution in [2.75, 3.05) is 26.2 Å². The Balaban J connectivity index is 1.49. The molecule has 0 atom stereocenters. The zero-order chi connectivity index (χ0) is 14.7. The summed E-state index contributed by atoms with van der Waals surface area (Å²) in [4.78, 5) is 9.36. The Bertz CT molecular complexity index is 568. The molecular formula is C15H23N5O. The number of aromatic nitrogens is 3. The van der Waals surface area contributed by atoms with Crippen LogP contribution in [0.25, 0.3) is 0 Å². The van der Waals surface area contributed by atoms with Gasteiger partial charge < -0.3 is 9.09 Å². The van der Waals surface area contributed by atoms with Gasteiger partial charge in [-0.05, 0) is 13.8 Å². The highest BCUT2D eigenvalue weighted by Gasteiger charge is 2.19. The lowest BCUT2D eigenvalue weighted by atomic mass is 10.2. The third kappa shape index (κ3) is 3.51. The quantitative estimate of drug-likeness (QED) is 0.835. The Kier molecular flexibility index (Phi) is 4.36. The van der Waals surface area contributed by atoms with Gasteiger partial charge >= 0.3 is 0 Å². The van der Waals surface area contributed by atoms with Crippen LogP contribution in [0.2, 0.25) is 0 Å². The number of nitrogens with zero attached hydrogens (tertiary/aromatic N) is 5. The topological polar surface area (TPSA) is 50.3 Å². The SMILES string of the molecule is CCn1ccnc1CN1CCN(Cc2cc(C)on2)CC1. The predicted molar refractivity (Wildman–Crippen MR) is 79.7 cm³/mol. The predicted octanol–water partition coefficient (Wildman–Crippen LogP) is 1.52. The molecule has 21 heavy (non-hydrogen) atoms. The van der Waals surface area contributed by atoms with E-state index >= 15 is 0 Å². The van der Waals surface area contributed by atoms with Gasteiger partial charge in [0.15, 0.2) is 0 Å². The second kappa shape index (κ2) is 6.41. The lowest BCUT2D eigenvalue weighted by Crippen LogP contribution is -2.45. The van der Waals surface area contributed by atoms with Crippen LogP contribution in [0.15, 0.2) is 23.0 Å². The monoisotopic (exact) mass is 289 g/mol. The van der Waals surface area contributed by atoms with E-state index in [1.165, 1.54) is 0 Å². The van der Waals surface area contributed by atoms with E-state index in [0.717, 1.165) is 63.1 Å². The first-order valence-corrected chi connectivity index (χ1v) is 7.61. The van der Waals surface area contributed by atoms with Crippen LogP contribution in [0.3, 0.4) is 0 Å². The number of imidazole rings is 1. The summed E-state index contributed by atoms with van der Waals surface area (Å²) in [6, 6.07) is 2.02. The van der Waals surface area contributed by atoms with E-state index in [-0.39, 0.29) is 0 Å². The van der Waals surface area contributed by atoms with Gasteiger partial charge in [0.25, 0.3) is 0 Å². The molecule has 1 aliphatic rings. The first kappa shape index (κ1) is 14.3. The van der Waals surface area contributed by atoms with E-state index in [4.69, 9.17) is 4.52 Å². The molecule has 0 spiro atoms. The zero-order valence-electron chi connectivity index (χ0n) is 12.8. The summed E-state index contributed by atoms with van der Waals surface area (Å²) in [6.45, 7) is 11.2. The number of piperazine rings is 1. The summed E-state index contributed by atoms with van der Waals surface area (Å²) in [7, 11) is 0. The first-order chi connectivity index (χ1) is 10.2. The van der Waals surface area contributed by atoms with Gasteiger partial charge in [-0.1, -0.05) is 5.16 Å². The Morgan fingerprint density at radius 1 is 1.14 bits per heavy atom. The number of hydrogen-bond acceptors (Lipinski definition) is 5. The fourth-order valence-electron chi connectivity index (χ4n) is 2.81. The average Bonchev–Trinajstić information content (AvgIpc) is 3.10. The summed E-state index contributed by atoms with van der Waals surface area (Å²) >= 11 is 0. The molecule has 3 heterocycles. The summed E-state index contributed by atoms with van der Waals surface area (Å²) in [5.41, 5.74) is 1.03. The highest BCUT2D eigenvalue weighted by atomic mass is 16.5. The van der Waals surface area contributed by atoms with Gasteiger partial charge in [-0.25, -0.2) is 4.98 Å². The highest BCUT2D eigenvalue weighted by Crippen LogP contribution is 2.11. The molecule has 1 fully saturated rings. The minimum Gasteiger partial charge on any atom is -0.361 e. The van der Waals surface area contributed by atoms with Crippen molar-refractivity contribution in [3.05, 3.63) is 35.7 Å². The first-order valence-electron chi connectivity index (χ1n) is 7.61. The van der Waals surface area contributed by atoms with Gasteiger partial charge in [-0.15, -0.1) is 0 Å². The lowest BCUT2D eigenvalue weighted by molar-refractivity contribution is 0.117. The molecule has 0 amide bonds. The van der Waals surface area contributed by atoms with Gasteiger partial charge in [-0.3, -0.25) is 9.80 Å². The molecular weight excluding hydrogens is 266 g/mol. The Hall–Kier alpha value is -1.66. The largest absolute Gasteiger partial charge is 0.361 e. The maximum atomic E-state index is 5.12. The van der Waals surface area contributed by atoms with E-state index in [0.29, 0.717) is 0 Å². The summed E-state index contributed by atoms with van der Waals surface area (Å²) in [5, 5.41) is 4.07. The lowest BCUT2D eigenvalue weighted by Gasteiger charge is -2.34. The van der Waals surface area contributed by atoms with E-state index in [2.05, 4.69) is 37.6 Å². The second-order valence-electron chi connectivity index (χ2n) is 5.61. The molecule has 3 rings (SSSR count).